The molecule has 0 atom stereocenters. The van der Waals surface area contributed by atoms with Gasteiger partial charge in [-0.1, -0.05) is 29.3 Å². The van der Waals surface area contributed by atoms with Crippen molar-refractivity contribution in [2.24, 2.45) is 0 Å². The number of carbonyl (C=O) groups is 1. The summed E-state index contributed by atoms with van der Waals surface area (Å²) in [5, 5.41) is 3.77. The minimum atomic E-state index is -0.152. The molecule has 0 unspecified atom stereocenters. The molecule has 0 saturated carbocycles. The number of halogens is 2. The molecule has 2 aromatic rings. The topological polar surface area (TPSA) is 44.9 Å². The van der Waals surface area contributed by atoms with Crippen LogP contribution in [-0.2, 0) is 6.54 Å². The van der Waals surface area contributed by atoms with Gasteiger partial charge >= 0.3 is 0 Å². The van der Waals surface area contributed by atoms with Gasteiger partial charge < -0.3 is 10.3 Å². The normalized spacial score (nSPS) is 10.2. The first-order chi connectivity index (χ1) is 8.16. The lowest BCUT2D eigenvalue weighted by Gasteiger charge is -2.05. The summed E-state index contributed by atoms with van der Waals surface area (Å²) in [6.45, 7) is 0.411. The second kappa shape index (κ2) is 5.25. The first-order valence-corrected chi connectivity index (χ1v) is 5.78. The highest BCUT2D eigenvalue weighted by Crippen LogP contribution is 2.22. The Bertz CT molecular complexity index is 523. The van der Waals surface area contributed by atoms with Crippen molar-refractivity contribution in [2.75, 3.05) is 0 Å². The highest BCUT2D eigenvalue weighted by Gasteiger charge is 2.05. The smallest absolute Gasteiger partial charge is 0.267 e. The van der Waals surface area contributed by atoms with Gasteiger partial charge in [-0.15, -0.1) is 0 Å². The van der Waals surface area contributed by atoms with Gasteiger partial charge in [0.25, 0.3) is 5.91 Å². The zero-order valence-electron chi connectivity index (χ0n) is 8.84. The number of carbonyl (C=O) groups excluding carboxylic acids is 1. The van der Waals surface area contributed by atoms with Gasteiger partial charge in [-0.3, -0.25) is 4.79 Å². The standard InChI is InChI=1S/C12H10Cl2N2O/c13-9-4-3-8(6-10(9)14)7-16-12(17)11-2-1-5-15-11/h1-6,15H,7H2,(H,16,17). The van der Waals surface area contributed by atoms with Gasteiger partial charge in [-0.25, -0.2) is 0 Å². The van der Waals surface area contributed by atoms with E-state index in [1.54, 1.807) is 30.5 Å². The van der Waals surface area contributed by atoms with Gasteiger partial charge in [0.1, 0.15) is 5.69 Å². The summed E-state index contributed by atoms with van der Waals surface area (Å²) in [5.41, 5.74) is 1.43. The van der Waals surface area contributed by atoms with Crippen molar-refractivity contribution >= 4 is 29.1 Å². The van der Waals surface area contributed by atoms with Gasteiger partial charge in [0.05, 0.1) is 10.0 Å². The number of aromatic nitrogens is 1. The molecule has 17 heavy (non-hydrogen) atoms. The van der Waals surface area contributed by atoms with Crippen molar-refractivity contribution in [1.29, 1.82) is 0 Å². The fourth-order valence-corrected chi connectivity index (χ4v) is 1.72. The van der Waals surface area contributed by atoms with Crippen LogP contribution in [0.25, 0.3) is 0 Å². The Morgan fingerprint density at radius 1 is 1.24 bits per heavy atom. The molecule has 0 aliphatic carbocycles. The van der Waals surface area contributed by atoms with Gasteiger partial charge in [0.2, 0.25) is 0 Å². The van der Waals surface area contributed by atoms with E-state index < -0.39 is 0 Å². The Hall–Kier alpha value is -1.45. The molecule has 1 aromatic heterocycles. The third-order valence-electron chi connectivity index (χ3n) is 2.28. The van der Waals surface area contributed by atoms with Crippen LogP contribution in [0.15, 0.2) is 36.5 Å². The third-order valence-corrected chi connectivity index (χ3v) is 3.02. The second-order valence-electron chi connectivity index (χ2n) is 3.51. The summed E-state index contributed by atoms with van der Waals surface area (Å²) in [7, 11) is 0. The molecule has 2 rings (SSSR count). The zero-order chi connectivity index (χ0) is 12.3. The van der Waals surface area contributed by atoms with Crippen molar-refractivity contribution in [2.45, 2.75) is 6.54 Å². The summed E-state index contributed by atoms with van der Waals surface area (Å²) >= 11 is 11.7. The van der Waals surface area contributed by atoms with E-state index in [4.69, 9.17) is 23.2 Å². The number of aromatic amines is 1. The van der Waals surface area contributed by atoms with Crippen LogP contribution in [0.2, 0.25) is 10.0 Å². The quantitative estimate of drug-likeness (QED) is 0.882. The van der Waals surface area contributed by atoms with Gasteiger partial charge in [-0.05, 0) is 29.8 Å². The maximum Gasteiger partial charge on any atom is 0.267 e. The van der Waals surface area contributed by atoms with E-state index in [0.29, 0.717) is 22.3 Å². The summed E-state index contributed by atoms with van der Waals surface area (Å²) in [4.78, 5) is 14.5. The van der Waals surface area contributed by atoms with Crippen molar-refractivity contribution in [3.05, 3.63) is 57.8 Å². The molecule has 0 fully saturated rings. The predicted octanol–water partition coefficient (Wildman–Crippen LogP) is 3.25. The molecular weight excluding hydrogens is 259 g/mol. The van der Waals surface area contributed by atoms with Crippen molar-refractivity contribution in [3.8, 4) is 0 Å². The summed E-state index contributed by atoms with van der Waals surface area (Å²) in [5.74, 6) is -0.152. The molecule has 88 valence electrons. The Morgan fingerprint density at radius 3 is 2.71 bits per heavy atom. The van der Waals surface area contributed by atoms with E-state index in [2.05, 4.69) is 10.3 Å². The molecule has 0 aliphatic rings. The van der Waals surface area contributed by atoms with E-state index in [0.717, 1.165) is 5.56 Å². The van der Waals surface area contributed by atoms with Crippen LogP contribution in [0.4, 0.5) is 0 Å². The van der Waals surface area contributed by atoms with Crippen molar-refractivity contribution < 1.29 is 4.79 Å². The van der Waals surface area contributed by atoms with Gasteiger partial charge in [0, 0.05) is 12.7 Å². The fourth-order valence-electron chi connectivity index (χ4n) is 1.40. The Morgan fingerprint density at radius 2 is 2.06 bits per heavy atom. The minimum Gasteiger partial charge on any atom is -0.357 e. The number of rotatable bonds is 3. The molecule has 0 bridgehead atoms. The predicted molar refractivity (Wildman–Crippen MR) is 68.4 cm³/mol. The average Bonchev–Trinajstić information content (AvgIpc) is 2.84. The van der Waals surface area contributed by atoms with Gasteiger partial charge in [-0.2, -0.15) is 0 Å². The Balaban J connectivity index is 1.98. The van der Waals surface area contributed by atoms with Crippen LogP contribution in [0.3, 0.4) is 0 Å². The van der Waals surface area contributed by atoms with Crippen molar-refractivity contribution in [3.63, 3.8) is 0 Å². The number of nitrogens with one attached hydrogen (secondary N) is 2. The first kappa shape index (κ1) is 12.0. The summed E-state index contributed by atoms with van der Waals surface area (Å²) in [6.07, 6.45) is 1.70. The molecule has 0 aliphatic heterocycles. The van der Waals surface area contributed by atoms with Crippen LogP contribution in [0.5, 0.6) is 0 Å². The largest absolute Gasteiger partial charge is 0.357 e. The van der Waals surface area contributed by atoms with Gasteiger partial charge in [0.15, 0.2) is 0 Å². The molecular formula is C12H10Cl2N2O. The maximum absolute atomic E-state index is 11.6. The fraction of sp³-hybridized carbons (Fsp3) is 0.0833. The number of hydrogen-bond donors (Lipinski definition) is 2. The summed E-state index contributed by atoms with van der Waals surface area (Å²) < 4.78 is 0. The molecule has 1 amide bonds. The molecule has 0 spiro atoms. The van der Waals surface area contributed by atoms with Crippen LogP contribution in [0, 0.1) is 0 Å². The van der Waals surface area contributed by atoms with Crippen molar-refractivity contribution in [1.82, 2.24) is 10.3 Å². The van der Waals surface area contributed by atoms with E-state index in [1.807, 2.05) is 6.07 Å². The van der Waals surface area contributed by atoms with E-state index in [9.17, 15) is 4.79 Å². The Labute approximate surface area is 109 Å². The maximum atomic E-state index is 11.6. The molecule has 2 N–H and O–H groups in total. The van der Waals surface area contributed by atoms with Crippen LogP contribution in [0.1, 0.15) is 16.1 Å². The lowest BCUT2D eigenvalue weighted by atomic mass is 10.2. The van der Waals surface area contributed by atoms with Crippen LogP contribution >= 0.6 is 23.2 Å². The SMILES string of the molecule is O=C(NCc1ccc(Cl)c(Cl)c1)c1ccc[nH]1. The monoisotopic (exact) mass is 268 g/mol. The zero-order valence-corrected chi connectivity index (χ0v) is 10.3. The molecule has 1 heterocycles. The van der Waals surface area contributed by atoms with Crippen LogP contribution < -0.4 is 5.32 Å². The molecule has 3 nitrogen and oxygen atoms in total. The molecule has 1 aromatic carbocycles. The highest BCUT2D eigenvalue weighted by atomic mass is 35.5. The number of benzene rings is 1. The third kappa shape index (κ3) is 3.02. The van der Waals surface area contributed by atoms with E-state index >= 15 is 0 Å². The van der Waals surface area contributed by atoms with E-state index in [1.165, 1.54) is 0 Å². The molecule has 0 saturated heterocycles. The summed E-state index contributed by atoms with van der Waals surface area (Å²) in [6, 6.07) is 8.75. The lowest BCUT2D eigenvalue weighted by Crippen LogP contribution is -2.22. The Kier molecular flexibility index (Phi) is 3.71. The number of hydrogen-bond acceptors (Lipinski definition) is 1. The molecule has 5 heteroatoms. The van der Waals surface area contributed by atoms with Crippen LogP contribution in [-0.4, -0.2) is 10.9 Å². The number of H-pyrrole nitrogens is 1. The first-order valence-electron chi connectivity index (χ1n) is 5.02. The lowest BCUT2D eigenvalue weighted by molar-refractivity contribution is 0.0946. The second-order valence-corrected chi connectivity index (χ2v) is 4.33. The van der Waals surface area contributed by atoms with E-state index in [-0.39, 0.29) is 5.91 Å². The average molecular weight is 269 g/mol. The minimum absolute atomic E-state index is 0.152. The number of amides is 1. The highest BCUT2D eigenvalue weighted by molar-refractivity contribution is 6.42. The molecule has 0 radical (unpaired) electrons.